The van der Waals surface area contributed by atoms with E-state index in [4.69, 9.17) is 0 Å². The Morgan fingerprint density at radius 1 is 1.24 bits per heavy atom. The normalized spacial score (nSPS) is 14.8. The molecule has 0 fully saturated rings. The van der Waals surface area contributed by atoms with Gasteiger partial charge in [-0.15, -0.1) is 16.4 Å². The SMILES string of the molecule is CC(C)(C)c1nc(C(=O)Nc2nc3c(s2)CCCC3)n[nH]1. The van der Waals surface area contributed by atoms with Crippen LogP contribution in [0, 0.1) is 0 Å². The zero-order valence-corrected chi connectivity index (χ0v) is 13.3. The molecule has 0 saturated carbocycles. The van der Waals surface area contributed by atoms with Crippen LogP contribution in [0.1, 0.15) is 60.6 Å². The highest BCUT2D eigenvalue weighted by Gasteiger charge is 2.22. The lowest BCUT2D eigenvalue weighted by Gasteiger charge is -2.12. The van der Waals surface area contributed by atoms with Gasteiger partial charge in [0.1, 0.15) is 5.82 Å². The van der Waals surface area contributed by atoms with Gasteiger partial charge in [0, 0.05) is 10.3 Å². The van der Waals surface area contributed by atoms with E-state index < -0.39 is 0 Å². The fraction of sp³-hybridized carbons (Fsp3) is 0.571. The number of H-pyrrole nitrogens is 1. The summed E-state index contributed by atoms with van der Waals surface area (Å²) in [6, 6.07) is 0. The number of carbonyl (C=O) groups excluding carboxylic acids is 1. The maximum absolute atomic E-state index is 12.2. The Kier molecular flexibility index (Phi) is 3.52. The predicted molar refractivity (Wildman–Crippen MR) is 81.8 cm³/mol. The van der Waals surface area contributed by atoms with Gasteiger partial charge >= 0.3 is 0 Å². The van der Waals surface area contributed by atoms with Gasteiger partial charge in [0.15, 0.2) is 5.13 Å². The molecule has 0 unspecified atom stereocenters. The number of thiazole rings is 1. The van der Waals surface area contributed by atoms with E-state index in [1.165, 1.54) is 17.7 Å². The minimum Gasteiger partial charge on any atom is -0.295 e. The van der Waals surface area contributed by atoms with E-state index in [9.17, 15) is 4.79 Å². The molecule has 0 atom stereocenters. The van der Waals surface area contributed by atoms with Gasteiger partial charge in [-0.3, -0.25) is 15.2 Å². The van der Waals surface area contributed by atoms with Crippen molar-refractivity contribution in [3.63, 3.8) is 0 Å². The second-order valence-electron chi connectivity index (χ2n) is 6.31. The molecule has 2 heterocycles. The number of rotatable bonds is 2. The number of aryl methyl sites for hydroxylation is 2. The summed E-state index contributed by atoms with van der Waals surface area (Å²) < 4.78 is 0. The van der Waals surface area contributed by atoms with Crippen molar-refractivity contribution >= 4 is 22.4 Å². The lowest BCUT2D eigenvalue weighted by molar-refractivity contribution is 0.101. The van der Waals surface area contributed by atoms with E-state index >= 15 is 0 Å². The van der Waals surface area contributed by atoms with Crippen molar-refractivity contribution in [1.82, 2.24) is 20.2 Å². The van der Waals surface area contributed by atoms with Crippen molar-refractivity contribution in [3.8, 4) is 0 Å². The smallest absolute Gasteiger partial charge is 0.295 e. The number of aromatic nitrogens is 4. The molecular weight excluding hydrogens is 286 g/mol. The van der Waals surface area contributed by atoms with Crippen molar-refractivity contribution in [2.45, 2.75) is 51.9 Å². The van der Waals surface area contributed by atoms with Crippen LogP contribution in [-0.4, -0.2) is 26.1 Å². The number of nitrogens with one attached hydrogen (secondary N) is 2. The molecular formula is C14H19N5OS. The summed E-state index contributed by atoms with van der Waals surface area (Å²) in [4.78, 5) is 22.2. The highest BCUT2D eigenvalue weighted by Crippen LogP contribution is 2.29. The second kappa shape index (κ2) is 5.22. The van der Waals surface area contributed by atoms with Gasteiger partial charge in [0.2, 0.25) is 5.82 Å². The molecule has 6 nitrogen and oxygen atoms in total. The first-order valence-corrected chi connectivity index (χ1v) is 7.98. The van der Waals surface area contributed by atoms with E-state index in [1.807, 2.05) is 20.8 Å². The Labute approximate surface area is 127 Å². The highest BCUT2D eigenvalue weighted by atomic mass is 32.1. The number of aromatic amines is 1. The molecule has 0 radical (unpaired) electrons. The molecule has 2 aromatic rings. The summed E-state index contributed by atoms with van der Waals surface area (Å²) in [5.41, 5.74) is 0.970. The summed E-state index contributed by atoms with van der Waals surface area (Å²) >= 11 is 1.56. The van der Waals surface area contributed by atoms with Crippen LogP contribution >= 0.6 is 11.3 Å². The van der Waals surface area contributed by atoms with Gasteiger partial charge in [-0.05, 0) is 25.7 Å². The molecule has 1 aliphatic rings. The Hall–Kier alpha value is -1.76. The number of nitrogens with zero attached hydrogens (tertiary/aromatic N) is 3. The number of fused-ring (bicyclic) bond motifs is 1. The average molecular weight is 305 g/mol. The Bertz CT molecular complexity index is 644. The summed E-state index contributed by atoms with van der Waals surface area (Å²) in [7, 11) is 0. The zero-order chi connectivity index (χ0) is 15.0. The first kappa shape index (κ1) is 14.2. The molecule has 112 valence electrons. The van der Waals surface area contributed by atoms with Crippen molar-refractivity contribution in [3.05, 3.63) is 22.2 Å². The summed E-state index contributed by atoms with van der Waals surface area (Å²) in [5, 5.41) is 10.3. The topological polar surface area (TPSA) is 83.6 Å². The Balaban J connectivity index is 1.74. The lowest BCUT2D eigenvalue weighted by atomic mass is 9.96. The molecule has 1 aliphatic carbocycles. The number of carbonyl (C=O) groups is 1. The van der Waals surface area contributed by atoms with Crippen molar-refractivity contribution in [1.29, 1.82) is 0 Å². The largest absolute Gasteiger partial charge is 0.297 e. The first-order chi connectivity index (χ1) is 9.93. The molecule has 7 heteroatoms. The zero-order valence-electron chi connectivity index (χ0n) is 12.5. The van der Waals surface area contributed by atoms with Crippen LogP contribution in [0.5, 0.6) is 0 Å². The van der Waals surface area contributed by atoms with Gasteiger partial charge in [0.05, 0.1) is 5.69 Å². The van der Waals surface area contributed by atoms with Gasteiger partial charge in [0.25, 0.3) is 5.91 Å². The van der Waals surface area contributed by atoms with E-state index in [0.717, 1.165) is 18.5 Å². The third-order valence-corrected chi connectivity index (χ3v) is 4.54. The van der Waals surface area contributed by atoms with Crippen molar-refractivity contribution in [2.75, 3.05) is 5.32 Å². The third kappa shape index (κ3) is 2.97. The average Bonchev–Trinajstić information content (AvgIpc) is 3.04. The van der Waals surface area contributed by atoms with Crippen LogP contribution in [-0.2, 0) is 18.3 Å². The fourth-order valence-corrected chi connectivity index (χ4v) is 3.30. The maximum Gasteiger partial charge on any atom is 0.297 e. The Morgan fingerprint density at radius 2 is 2.00 bits per heavy atom. The summed E-state index contributed by atoms with van der Waals surface area (Å²) in [5.74, 6) is 0.548. The molecule has 0 aromatic carbocycles. The lowest BCUT2D eigenvalue weighted by Crippen LogP contribution is -2.16. The first-order valence-electron chi connectivity index (χ1n) is 7.16. The number of hydrogen-bond donors (Lipinski definition) is 2. The maximum atomic E-state index is 12.2. The number of amides is 1. The third-order valence-electron chi connectivity index (χ3n) is 3.47. The quantitative estimate of drug-likeness (QED) is 0.893. The van der Waals surface area contributed by atoms with Gasteiger partial charge in [-0.2, -0.15) is 0 Å². The van der Waals surface area contributed by atoms with Crippen LogP contribution in [0.3, 0.4) is 0 Å². The molecule has 2 N–H and O–H groups in total. The van der Waals surface area contributed by atoms with Crippen molar-refractivity contribution < 1.29 is 4.79 Å². The molecule has 0 saturated heterocycles. The molecule has 2 aromatic heterocycles. The molecule has 0 spiro atoms. The fourth-order valence-electron chi connectivity index (χ4n) is 2.26. The monoisotopic (exact) mass is 305 g/mol. The molecule has 3 rings (SSSR count). The summed E-state index contributed by atoms with van der Waals surface area (Å²) in [6.45, 7) is 6.05. The predicted octanol–water partition coefficient (Wildman–Crippen LogP) is 2.69. The van der Waals surface area contributed by atoms with E-state index in [1.54, 1.807) is 11.3 Å². The molecule has 0 aliphatic heterocycles. The van der Waals surface area contributed by atoms with Gasteiger partial charge < -0.3 is 0 Å². The van der Waals surface area contributed by atoms with Crippen LogP contribution in [0.25, 0.3) is 0 Å². The standard InChI is InChI=1S/C14H19N5OS/c1-14(2,3)12-16-10(18-19-12)11(20)17-13-15-8-6-4-5-7-9(8)21-13/h4-7H2,1-3H3,(H,15,17,20)(H,16,18,19). The number of hydrogen-bond acceptors (Lipinski definition) is 5. The van der Waals surface area contributed by atoms with Crippen LogP contribution in [0.4, 0.5) is 5.13 Å². The molecule has 0 bridgehead atoms. The van der Waals surface area contributed by atoms with Crippen molar-refractivity contribution in [2.24, 2.45) is 0 Å². The van der Waals surface area contributed by atoms with Crippen LogP contribution in [0.15, 0.2) is 0 Å². The Morgan fingerprint density at radius 3 is 2.67 bits per heavy atom. The van der Waals surface area contributed by atoms with E-state index in [0.29, 0.717) is 11.0 Å². The van der Waals surface area contributed by atoms with E-state index in [-0.39, 0.29) is 17.1 Å². The van der Waals surface area contributed by atoms with E-state index in [2.05, 4.69) is 25.5 Å². The highest BCUT2D eigenvalue weighted by molar-refractivity contribution is 7.15. The second-order valence-corrected chi connectivity index (χ2v) is 7.39. The van der Waals surface area contributed by atoms with Gasteiger partial charge in [-0.1, -0.05) is 20.8 Å². The van der Waals surface area contributed by atoms with Crippen LogP contribution < -0.4 is 5.32 Å². The molecule has 21 heavy (non-hydrogen) atoms. The minimum atomic E-state index is -0.312. The van der Waals surface area contributed by atoms with Crippen LogP contribution in [0.2, 0.25) is 0 Å². The van der Waals surface area contributed by atoms with Gasteiger partial charge in [-0.25, -0.2) is 9.97 Å². The minimum absolute atomic E-state index is 0.160. The molecule has 1 amide bonds. The summed E-state index contributed by atoms with van der Waals surface area (Å²) in [6.07, 6.45) is 4.46. The number of anilines is 1.